The number of ether oxygens (including phenoxy) is 1. The summed E-state index contributed by atoms with van der Waals surface area (Å²) in [5, 5.41) is 13.4. The molecule has 1 aliphatic heterocycles. The molecule has 2 heterocycles. The van der Waals surface area contributed by atoms with E-state index in [1.165, 1.54) is 0 Å². The molecule has 0 aliphatic carbocycles. The Morgan fingerprint density at radius 2 is 2.24 bits per heavy atom. The summed E-state index contributed by atoms with van der Waals surface area (Å²) in [7, 11) is 0. The van der Waals surface area contributed by atoms with Crippen LogP contribution in [-0.4, -0.2) is 39.3 Å². The second-order valence-corrected chi connectivity index (χ2v) is 6.28. The van der Waals surface area contributed by atoms with Crippen molar-refractivity contribution in [1.82, 2.24) is 14.7 Å². The zero-order chi connectivity index (χ0) is 17.6. The quantitative estimate of drug-likeness (QED) is 0.840. The predicted molar refractivity (Wildman–Crippen MR) is 92.8 cm³/mol. The van der Waals surface area contributed by atoms with Gasteiger partial charge in [-0.3, -0.25) is 9.48 Å². The summed E-state index contributed by atoms with van der Waals surface area (Å²) in [6, 6.07) is 11.1. The molecule has 25 heavy (non-hydrogen) atoms. The van der Waals surface area contributed by atoms with Gasteiger partial charge in [-0.25, -0.2) is 0 Å². The van der Waals surface area contributed by atoms with Crippen molar-refractivity contribution >= 4 is 5.91 Å². The minimum atomic E-state index is -0.632. The highest BCUT2D eigenvalue weighted by atomic mass is 16.5. The lowest BCUT2D eigenvalue weighted by Gasteiger charge is -2.37. The number of nitriles is 1. The van der Waals surface area contributed by atoms with Gasteiger partial charge < -0.3 is 9.64 Å². The highest BCUT2D eigenvalue weighted by Gasteiger charge is 2.31. The summed E-state index contributed by atoms with van der Waals surface area (Å²) < 4.78 is 7.67. The molecule has 6 nitrogen and oxygen atoms in total. The molecule has 1 saturated heterocycles. The molecule has 0 saturated carbocycles. The van der Waals surface area contributed by atoms with Gasteiger partial charge in [-0.2, -0.15) is 10.4 Å². The molecular weight excluding hydrogens is 316 g/mol. The minimum absolute atomic E-state index is 0.0374. The lowest BCUT2D eigenvalue weighted by Crippen LogP contribution is -2.50. The molecule has 6 heteroatoms. The molecule has 0 bridgehead atoms. The average molecular weight is 338 g/mol. The van der Waals surface area contributed by atoms with Crippen LogP contribution in [0.15, 0.2) is 42.7 Å². The highest BCUT2D eigenvalue weighted by molar-refractivity contribution is 5.81. The molecule has 130 valence electrons. The van der Waals surface area contributed by atoms with Crippen molar-refractivity contribution in [2.75, 3.05) is 6.54 Å². The van der Waals surface area contributed by atoms with Crippen molar-refractivity contribution in [3.05, 3.63) is 48.3 Å². The Morgan fingerprint density at radius 3 is 3.00 bits per heavy atom. The first-order valence-corrected chi connectivity index (χ1v) is 8.62. The van der Waals surface area contributed by atoms with Crippen LogP contribution in [-0.2, 0) is 11.3 Å². The number of hydrogen-bond donors (Lipinski definition) is 0. The third-order valence-electron chi connectivity index (χ3n) is 4.53. The maximum Gasteiger partial charge on any atom is 0.263 e. The summed E-state index contributed by atoms with van der Waals surface area (Å²) in [5.41, 5.74) is 0.439. The van der Waals surface area contributed by atoms with E-state index in [0.29, 0.717) is 17.9 Å². The summed E-state index contributed by atoms with van der Waals surface area (Å²) in [6.07, 6.45) is 6.12. The van der Waals surface area contributed by atoms with Crippen molar-refractivity contribution in [3.63, 3.8) is 0 Å². The molecule has 1 aromatic carbocycles. The Kier molecular flexibility index (Phi) is 5.34. The lowest BCUT2D eigenvalue weighted by molar-refractivity contribution is -0.142. The van der Waals surface area contributed by atoms with Crippen LogP contribution in [0.4, 0.5) is 0 Å². The van der Waals surface area contributed by atoms with Crippen LogP contribution in [0.3, 0.4) is 0 Å². The summed E-state index contributed by atoms with van der Waals surface area (Å²) in [5.74, 6) is 0.413. The van der Waals surface area contributed by atoms with Gasteiger partial charge in [-0.1, -0.05) is 12.1 Å². The molecular formula is C19H22N4O2. The molecule has 0 unspecified atom stereocenters. The van der Waals surface area contributed by atoms with Gasteiger partial charge in [-0.15, -0.1) is 0 Å². The molecule has 1 aliphatic rings. The first-order valence-electron chi connectivity index (χ1n) is 8.62. The van der Waals surface area contributed by atoms with Crippen LogP contribution in [0.5, 0.6) is 5.75 Å². The normalized spacial score (nSPS) is 18.4. The van der Waals surface area contributed by atoms with Gasteiger partial charge in [0.2, 0.25) is 0 Å². The van der Waals surface area contributed by atoms with E-state index < -0.39 is 6.10 Å². The first kappa shape index (κ1) is 17.0. The van der Waals surface area contributed by atoms with Crippen molar-refractivity contribution in [2.24, 2.45) is 0 Å². The molecule has 2 atom stereocenters. The largest absolute Gasteiger partial charge is 0.480 e. The van der Waals surface area contributed by atoms with E-state index in [-0.39, 0.29) is 11.9 Å². The van der Waals surface area contributed by atoms with E-state index in [1.807, 2.05) is 21.8 Å². The van der Waals surface area contributed by atoms with Gasteiger partial charge in [0.05, 0.1) is 18.2 Å². The topological polar surface area (TPSA) is 71.2 Å². The fourth-order valence-corrected chi connectivity index (χ4v) is 3.24. The standard InChI is InChI=1S/C19H22N4O2/c1-15(25-18-9-3-2-7-16(18)13-20)19(24)23-12-5-4-8-17(23)14-22-11-6-10-21-22/h2-3,6-7,9-11,15,17H,4-5,8,12,14H2,1H3/t15-,17+/m1/s1. The molecule has 0 N–H and O–H groups in total. The number of likely N-dealkylation sites (tertiary alicyclic amines) is 1. The van der Waals surface area contributed by atoms with Crippen molar-refractivity contribution in [3.8, 4) is 11.8 Å². The Labute approximate surface area is 147 Å². The Hall–Kier alpha value is -2.81. The Balaban J connectivity index is 1.70. The zero-order valence-corrected chi connectivity index (χ0v) is 14.3. The number of piperidine rings is 1. The summed E-state index contributed by atoms with van der Waals surface area (Å²) in [6.45, 7) is 3.18. The second-order valence-electron chi connectivity index (χ2n) is 6.28. The maximum atomic E-state index is 12.9. The molecule has 3 rings (SSSR count). The van der Waals surface area contributed by atoms with Gasteiger partial charge in [-0.05, 0) is 44.4 Å². The molecule has 2 aromatic rings. The number of para-hydroxylation sites is 1. The number of aromatic nitrogens is 2. The number of carbonyl (C=O) groups is 1. The van der Waals surface area contributed by atoms with Crippen LogP contribution in [0, 0.1) is 11.3 Å². The number of carbonyl (C=O) groups excluding carboxylic acids is 1. The van der Waals surface area contributed by atoms with Crippen LogP contribution in [0.2, 0.25) is 0 Å². The number of nitrogens with zero attached hydrogens (tertiary/aromatic N) is 4. The van der Waals surface area contributed by atoms with Crippen molar-refractivity contribution in [1.29, 1.82) is 5.26 Å². The number of benzene rings is 1. The van der Waals surface area contributed by atoms with E-state index in [9.17, 15) is 4.79 Å². The van der Waals surface area contributed by atoms with Gasteiger partial charge >= 0.3 is 0 Å². The van der Waals surface area contributed by atoms with Gasteiger partial charge in [0, 0.05) is 18.9 Å². The number of hydrogen-bond acceptors (Lipinski definition) is 4. The van der Waals surface area contributed by atoms with Crippen molar-refractivity contribution < 1.29 is 9.53 Å². The van der Waals surface area contributed by atoms with Gasteiger partial charge in [0.25, 0.3) is 5.91 Å². The fourth-order valence-electron chi connectivity index (χ4n) is 3.24. The average Bonchev–Trinajstić information content (AvgIpc) is 3.15. The van der Waals surface area contributed by atoms with E-state index in [0.717, 1.165) is 25.8 Å². The molecule has 0 spiro atoms. The summed E-state index contributed by atoms with van der Waals surface area (Å²) >= 11 is 0. The first-order chi connectivity index (χ1) is 12.2. The van der Waals surface area contributed by atoms with Crippen LogP contribution in [0.1, 0.15) is 31.7 Å². The lowest BCUT2D eigenvalue weighted by atomic mass is 10.0. The molecule has 1 aromatic heterocycles. The second kappa shape index (κ2) is 7.84. The van der Waals surface area contributed by atoms with E-state index in [1.54, 1.807) is 37.4 Å². The smallest absolute Gasteiger partial charge is 0.263 e. The number of amides is 1. The SMILES string of the molecule is C[C@@H](Oc1ccccc1C#N)C(=O)N1CCCC[C@H]1Cn1cccn1. The Morgan fingerprint density at radius 1 is 1.40 bits per heavy atom. The molecule has 0 radical (unpaired) electrons. The predicted octanol–water partition coefficient (Wildman–Crippen LogP) is 2.60. The van der Waals surface area contributed by atoms with Crippen LogP contribution in [0.25, 0.3) is 0 Å². The fraction of sp³-hybridized carbons (Fsp3) is 0.421. The number of rotatable bonds is 5. The van der Waals surface area contributed by atoms with Crippen molar-refractivity contribution in [2.45, 2.75) is 44.9 Å². The minimum Gasteiger partial charge on any atom is -0.480 e. The molecule has 1 amide bonds. The maximum absolute atomic E-state index is 12.9. The van der Waals surface area contributed by atoms with Gasteiger partial charge in [0.1, 0.15) is 11.8 Å². The third kappa shape index (κ3) is 4.00. The third-order valence-corrected chi connectivity index (χ3v) is 4.53. The molecule has 1 fully saturated rings. The zero-order valence-electron chi connectivity index (χ0n) is 14.3. The Bertz CT molecular complexity index is 751. The summed E-state index contributed by atoms with van der Waals surface area (Å²) in [4.78, 5) is 14.8. The van der Waals surface area contributed by atoms with Crippen LogP contribution < -0.4 is 4.74 Å². The van der Waals surface area contributed by atoms with Gasteiger partial charge in [0.15, 0.2) is 6.10 Å². The highest BCUT2D eigenvalue weighted by Crippen LogP contribution is 2.22. The van der Waals surface area contributed by atoms with Crippen LogP contribution >= 0.6 is 0 Å². The monoisotopic (exact) mass is 338 g/mol. The van der Waals surface area contributed by atoms with E-state index in [2.05, 4.69) is 11.2 Å². The van der Waals surface area contributed by atoms with E-state index >= 15 is 0 Å². The van der Waals surface area contributed by atoms with E-state index in [4.69, 9.17) is 10.00 Å².